The van der Waals surface area contributed by atoms with Crippen molar-refractivity contribution >= 4 is 0 Å². The molecule has 1 aliphatic rings. The lowest BCUT2D eigenvalue weighted by Crippen LogP contribution is -2.24. The second kappa shape index (κ2) is 7.12. The number of nitrogens with two attached hydrogens (primary N) is 1. The normalized spacial score (nSPS) is 19.2. The van der Waals surface area contributed by atoms with Crippen LogP contribution in [-0.4, -0.2) is 7.11 Å². The Balaban J connectivity index is 2.24. The SMILES string of the molecule is COc1cc(C)cc(C)c1C(N)C1CCCCCCC1. The van der Waals surface area contributed by atoms with Crippen LogP contribution in [0.3, 0.4) is 0 Å². The highest BCUT2D eigenvalue weighted by molar-refractivity contribution is 5.45. The second-order valence-corrected chi connectivity index (χ2v) is 6.33. The molecule has 1 aromatic rings. The fourth-order valence-corrected chi connectivity index (χ4v) is 3.62. The van der Waals surface area contributed by atoms with Crippen molar-refractivity contribution in [2.75, 3.05) is 7.11 Å². The van der Waals surface area contributed by atoms with E-state index in [9.17, 15) is 0 Å². The highest BCUT2D eigenvalue weighted by Gasteiger charge is 2.24. The average molecular weight is 275 g/mol. The van der Waals surface area contributed by atoms with E-state index in [1.54, 1.807) is 7.11 Å². The summed E-state index contributed by atoms with van der Waals surface area (Å²) in [4.78, 5) is 0. The van der Waals surface area contributed by atoms with Crippen molar-refractivity contribution in [1.82, 2.24) is 0 Å². The standard InChI is InChI=1S/C18H29NO/c1-13-11-14(2)17(16(12-13)20-3)18(19)15-9-7-5-4-6-8-10-15/h11-12,15,18H,4-10,19H2,1-3H3. The van der Waals surface area contributed by atoms with Crippen molar-refractivity contribution < 1.29 is 4.74 Å². The summed E-state index contributed by atoms with van der Waals surface area (Å²) in [5, 5.41) is 0. The predicted octanol–water partition coefficient (Wildman–Crippen LogP) is 4.67. The van der Waals surface area contributed by atoms with Gasteiger partial charge in [0, 0.05) is 11.6 Å². The summed E-state index contributed by atoms with van der Waals surface area (Å²) in [6.07, 6.45) is 9.31. The third kappa shape index (κ3) is 3.54. The van der Waals surface area contributed by atoms with Gasteiger partial charge in [0.2, 0.25) is 0 Å². The first-order chi connectivity index (χ1) is 9.63. The summed E-state index contributed by atoms with van der Waals surface area (Å²) in [6, 6.07) is 4.45. The summed E-state index contributed by atoms with van der Waals surface area (Å²) >= 11 is 0. The van der Waals surface area contributed by atoms with Crippen molar-refractivity contribution in [2.24, 2.45) is 11.7 Å². The van der Waals surface area contributed by atoms with Gasteiger partial charge in [-0.1, -0.05) is 38.2 Å². The minimum Gasteiger partial charge on any atom is -0.496 e. The molecule has 1 saturated carbocycles. The Morgan fingerprint density at radius 3 is 2.25 bits per heavy atom. The Hall–Kier alpha value is -1.02. The lowest BCUT2D eigenvalue weighted by molar-refractivity contribution is 0.318. The van der Waals surface area contributed by atoms with Gasteiger partial charge in [-0.05, 0) is 49.8 Å². The number of hydrogen-bond donors (Lipinski definition) is 1. The van der Waals surface area contributed by atoms with Crippen LogP contribution in [0.1, 0.15) is 67.7 Å². The molecule has 112 valence electrons. The molecule has 0 bridgehead atoms. The smallest absolute Gasteiger partial charge is 0.124 e. The molecule has 1 aromatic carbocycles. The van der Waals surface area contributed by atoms with E-state index in [-0.39, 0.29) is 6.04 Å². The molecule has 2 heteroatoms. The number of aryl methyl sites for hydroxylation is 2. The molecule has 0 aliphatic heterocycles. The highest BCUT2D eigenvalue weighted by Crippen LogP contribution is 2.37. The highest BCUT2D eigenvalue weighted by atomic mass is 16.5. The molecule has 1 fully saturated rings. The number of hydrogen-bond acceptors (Lipinski definition) is 2. The summed E-state index contributed by atoms with van der Waals surface area (Å²) in [5.41, 5.74) is 10.4. The zero-order chi connectivity index (χ0) is 14.5. The number of methoxy groups -OCH3 is 1. The van der Waals surface area contributed by atoms with E-state index < -0.39 is 0 Å². The van der Waals surface area contributed by atoms with Gasteiger partial charge >= 0.3 is 0 Å². The Morgan fingerprint density at radius 1 is 1.05 bits per heavy atom. The largest absolute Gasteiger partial charge is 0.496 e. The molecule has 0 saturated heterocycles. The molecule has 0 heterocycles. The Morgan fingerprint density at radius 2 is 1.65 bits per heavy atom. The minimum atomic E-state index is 0.114. The number of ether oxygens (including phenoxy) is 1. The minimum absolute atomic E-state index is 0.114. The van der Waals surface area contributed by atoms with Crippen LogP contribution in [0.25, 0.3) is 0 Å². The van der Waals surface area contributed by atoms with Gasteiger partial charge in [0.05, 0.1) is 7.11 Å². The van der Waals surface area contributed by atoms with Crippen molar-refractivity contribution in [3.05, 3.63) is 28.8 Å². The van der Waals surface area contributed by atoms with Crippen LogP contribution in [0.2, 0.25) is 0 Å². The van der Waals surface area contributed by atoms with E-state index in [4.69, 9.17) is 10.5 Å². The third-order valence-electron chi connectivity index (χ3n) is 4.70. The Labute approximate surface area is 123 Å². The average Bonchev–Trinajstić information content (AvgIpc) is 2.36. The van der Waals surface area contributed by atoms with Gasteiger partial charge in [-0.25, -0.2) is 0 Å². The maximum atomic E-state index is 6.64. The van der Waals surface area contributed by atoms with Crippen LogP contribution < -0.4 is 10.5 Å². The molecule has 2 rings (SSSR count). The lowest BCUT2D eigenvalue weighted by atomic mass is 9.81. The molecule has 2 nitrogen and oxygen atoms in total. The summed E-state index contributed by atoms with van der Waals surface area (Å²) in [5.74, 6) is 1.57. The molecule has 0 amide bonds. The maximum absolute atomic E-state index is 6.64. The van der Waals surface area contributed by atoms with Crippen LogP contribution in [0, 0.1) is 19.8 Å². The zero-order valence-electron chi connectivity index (χ0n) is 13.2. The predicted molar refractivity (Wildman–Crippen MR) is 85.2 cm³/mol. The summed E-state index contributed by atoms with van der Waals surface area (Å²) in [7, 11) is 1.75. The van der Waals surface area contributed by atoms with Crippen LogP contribution >= 0.6 is 0 Å². The fourth-order valence-electron chi connectivity index (χ4n) is 3.62. The van der Waals surface area contributed by atoms with E-state index in [2.05, 4.69) is 26.0 Å². The molecule has 1 unspecified atom stereocenters. The molecule has 2 N–H and O–H groups in total. The van der Waals surface area contributed by atoms with Gasteiger partial charge in [-0.2, -0.15) is 0 Å². The number of rotatable bonds is 3. The molecule has 0 spiro atoms. The van der Waals surface area contributed by atoms with Crippen LogP contribution in [0.4, 0.5) is 0 Å². The lowest BCUT2D eigenvalue weighted by Gasteiger charge is -2.28. The van der Waals surface area contributed by atoms with Gasteiger partial charge in [-0.15, -0.1) is 0 Å². The van der Waals surface area contributed by atoms with Gasteiger partial charge < -0.3 is 10.5 Å². The topological polar surface area (TPSA) is 35.2 Å². The van der Waals surface area contributed by atoms with Gasteiger partial charge in [-0.3, -0.25) is 0 Å². The monoisotopic (exact) mass is 275 g/mol. The molecule has 0 radical (unpaired) electrons. The van der Waals surface area contributed by atoms with Crippen LogP contribution in [-0.2, 0) is 0 Å². The molecule has 1 atom stereocenters. The van der Waals surface area contributed by atoms with Gasteiger partial charge in [0.1, 0.15) is 5.75 Å². The van der Waals surface area contributed by atoms with Crippen LogP contribution in [0.5, 0.6) is 5.75 Å². The molecular formula is C18H29NO. The first-order valence-corrected chi connectivity index (χ1v) is 8.04. The third-order valence-corrected chi connectivity index (χ3v) is 4.70. The summed E-state index contributed by atoms with van der Waals surface area (Å²) < 4.78 is 5.59. The maximum Gasteiger partial charge on any atom is 0.124 e. The Bertz CT molecular complexity index is 433. The fraction of sp³-hybridized carbons (Fsp3) is 0.667. The molecular weight excluding hydrogens is 246 g/mol. The molecule has 0 aromatic heterocycles. The molecule has 1 aliphatic carbocycles. The Kier molecular flexibility index (Phi) is 5.47. The van der Waals surface area contributed by atoms with E-state index in [1.807, 2.05) is 0 Å². The second-order valence-electron chi connectivity index (χ2n) is 6.33. The van der Waals surface area contributed by atoms with E-state index in [1.165, 1.54) is 61.6 Å². The van der Waals surface area contributed by atoms with E-state index >= 15 is 0 Å². The van der Waals surface area contributed by atoms with Gasteiger partial charge in [0.15, 0.2) is 0 Å². The first-order valence-electron chi connectivity index (χ1n) is 8.04. The van der Waals surface area contributed by atoms with Crippen LogP contribution in [0.15, 0.2) is 12.1 Å². The number of benzene rings is 1. The van der Waals surface area contributed by atoms with Crippen molar-refractivity contribution in [2.45, 2.75) is 64.8 Å². The van der Waals surface area contributed by atoms with E-state index in [0.717, 1.165) is 5.75 Å². The van der Waals surface area contributed by atoms with Crippen molar-refractivity contribution in [3.8, 4) is 5.75 Å². The first kappa shape index (κ1) is 15.4. The van der Waals surface area contributed by atoms with Crippen molar-refractivity contribution in [1.29, 1.82) is 0 Å². The van der Waals surface area contributed by atoms with Gasteiger partial charge in [0.25, 0.3) is 0 Å². The molecule has 20 heavy (non-hydrogen) atoms. The van der Waals surface area contributed by atoms with Crippen molar-refractivity contribution in [3.63, 3.8) is 0 Å². The van der Waals surface area contributed by atoms with E-state index in [0.29, 0.717) is 5.92 Å². The summed E-state index contributed by atoms with van der Waals surface area (Å²) in [6.45, 7) is 4.27. The quantitative estimate of drug-likeness (QED) is 0.869. The zero-order valence-corrected chi connectivity index (χ0v) is 13.2.